The molecule has 5 nitrogen and oxygen atoms in total. The van der Waals surface area contributed by atoms with E-state index in [1.807, 2.05) is 20.9 Å². The number of ether oxygens (including phenoxy) is 1. The van der Waals surface area contributed by atoms with E-state index in [9.17, 15) is 0 Å². The second-order valence-electron chi connectivity index (χ2n) is 3.50. The molecule has 0 saturated heterocycles. The minimum atomic E-state index is -0.0202. The maximum atomic E-state index is 5.98. The second-order valence-corrected chi connectivity index (χ2v) is 3.85. The average molecular weight is 230 g/mol. The topological polar surface area (TPSA) is 48.6 Å². The molecule has 82 valence electrons. The van der Waals surface area contributed by atoms with Crippen LogP contribution in [0.4, 0.5) is 0 Å². The molecular weight excluding hydrogens is 218 g/mol. The van der Waals surface area contributed by atoms with Gasteiger partial charge in [-0.2, -0.15) is 5.10 Å². The third-order valence-corrected chi connectivity index (χ3v) is 2.54. The van der Waals surface area contributed by atoms with Crippen LogP contribution in [0.2, 0.25) is 5.15 Å². The van der Waals surface area contributed by atoms with E-state index >= 15 is 0 Å². The number of rotatable bonds is 1. The van der Waals surface area contributed by atoms with Crippen molar-refractivity contribution < 1.29 is 9.57 Å². The Labute approximate surface area is 92.6 Å². The van der Waals surface area contributed by atoms with Crippen molar-refractivity contribution >= 4 is 17.5 Å². The Morgan fingerprint density at radius 2 is 2.27 bits per heavy atom. The number of hydrogen-bond acceptors (Lipinski definition) is 4. The molecule has 0 aromatic carbocycles. The molecule has 0 N–H and O–H groups in total. The van der Waals surface area contributed by atoms with Crippen LogP contribution in [-0.2, 0) is 16.6 Å². The Hall–Kier alpha value is -1.23. The molecule has 15 heavy (non-hydrogen) atoms. The van der Waals surface area contributed by atoms with E-state index in [0.29, 0.717) is 23.2 Å². The summed E-state index contributed by atoms with van der Waals surface area (Å²) < 4.78 is 7.22. The Bertz CT molecular complexity index is 414. The summed E-state index contributed by atoms with van der Waals surface area (Å²) in [5.41, 5.74) is 1.60. The fraction of sp³-hybridized carbons (Fsp3) is 0.556. The van der Waals surface area contributed by atoms with Crippen molar-refractivity contribution in [3.63, 3.8) is 0 Å². The summed E-state index contributed by atoms with van der Waals surface area (Å²) in [6.07, 6.45) is -0.0202. The smallest absolute Gasteiger partial charge is 0.263 e. The van der Waals surface area contributed by atoms with Crippen molar-refractivity contribution in [3.8, 4) is 0 Å². The van der Waals surface area contributed by atoms with Crippen LogP contribution in [0, 0.1) is 6.92 Å². The normalized spacial score (nSPS) is 20.5. The van der Waals surface area contributed by atoms with Crippen molar-refractivity contribution in [3.05, 3.63) is 16.4 Å². The lowest BCUT2D eigenvalue weighted by Gasteiger charge is -2.19. The minimum absolute atomic E-state index is 0.0202. The van der Waals surface area contributed by atoms with E-state index in [0.717, 1.165) is 5.69 Å². The first kappa shape index (κ1) is 10.3. The van der Waals surface area contributed by atoms with Gasteiger partial charge in [0.1, 0.15) is 6.10 Å². The van der Waals surface area contributed by atoms with Crippen LogP contribution in [0.25, 0.3) is 0 Å². The third-order valence-electron chi connectivity index (χ3n) is 2.27. The van der Waals surface area contributed by atoms with Crippen molar-refractivity contribution in [1.29, 1.82) is 0 Å². The van der Waals surface area contributed by atoms with E-state index in [4.69, 9.17) is 21.2 Å². The molecule has 1 aromatic heterocycles. The van der Waals surface area contributed by atoms with Gasteiger partial charge in [-0.05, 0) is 19.0 Å². The molecule has 0 aliphatic carbocycles. The summed E-state index contributed by atoms with van der Waals surface area (Å²) in [7, 11) is 1.82. The van der Waals surface area contributed by atoms with Gasteiger partial charge >= 0.3 is 0 Å². The van der Waals surface area contributed by atoms with E-state index in [1.54, 1.807) is 4.68 Å². The summed E-state index contributed by atoms with van der Waals surface area (Å²) in [4.78, 5) is 5.04. The Morgan fingerprint density at radius 3 is 2.80 bits per heavy atom. The molecule has 1 aliphatic heterocycles. The largest absolute Gasteiger partial charge is 0.468 e. The summed E-state index contributed by atoms with van der Waals surface area (Å²) >= 11 is 5.98. The van der Waals surface area contributed by atoms with Gasteiger partial charge in [-0.1, -0.05) is 11.6 Å². The second kappa shape index (κ2) is 3.73. The SMILES string of the molecule is Cc1c(C2=NOCC(C)O2)c(Cl)nn1C. The first-order valence-electron chi connectivity index (χ1n) is 4.65. The van der Waals surface area contributed by atoms with Gasteiger partial charge in [0.25, 0.3) is 5.90 Å². The molecular formula is C9H12ClN3O2. The minimum Gasteiger partial charge on any atom is -0.468 e. The van der Waals surface area contributed by atoms with Crippen LogP contribution in [0.3, 0.4) is 0 Å². The first-order valence-corrected chi connectivity index (χ1v) is 5.03. The molecule has 0 fully saturated rings. The Balaban J connectivity index is 2.41. The van der Waals surface area contributed by atoms with Crippen LogP contribution in [0.1, 0.15) is 18.2 Å². The van der Waals surface area contributed by atoms with Gasteiger partial charge in [-0.3, -0.25) is 4.68 Å². The molecule has 2 heterocycles. The molecule has 2 rings (SSSR count). The number of oxime groups is 1. The highest BCUT2D eigenvalue weighted by atomic mass is 35.5. The lowest BCUT2D eigenvalue weighted by Crippen LogP contribution is -2.25. The zero-order chi connectivity index (χ0) is 11.0. The molecule has 0 amide bonds. The Morgan fingerprint density at radius 1 is 1.53 bits per heavy atom. The summed E-state index contributed by atoms with van der Waals surface area (Å²) in [5.74, 6) is 0.407. The molecule has 0 saturated carbocycles. The molecule has 1 aliphatic rings. The van der Waals surface area contributed by atoms with E-state index in [2.05, 4.69) is 10.3 Å². The monoisotopic (exact) mass is 229 g/mol. The predicted molar refractivity (Wildman–Crippen MR) is 56.0 cm³/mol. The van der Waals surface area contributed by atoms with Crippen LogP contribution in [0.5, 0.6) is 0 Å². The standard InChI is InChI=1S/C9H12ClN3O2/c1-5-4-14-12-9(15-5)7-6(2)13(3)11-8(7)10/h5H,4H2,1-3H3. The number of aryl methyl sites for hydroxylation is 1. The van der Waals surface area contributed by atoms with Crippen LogP contribution in [-0.4, -0.2) is 28.4 Å². The lowest BCUT2D eigenvalue weighted by atomic mass is 10.2. The van der Waals surface area contributed by atoms with Gasteiger partial charge in [0.2, 0.25) is 0 Å². The van der Waals surface area contributed by atoms with E-state index < -0.39 is 0 Å². The Kier molecular flexibility index (Phi) is 2.56. The summed E-state index contributed by atoms with van der Waals surface area (Å²) in [6.45, 7) is 4.27. The molecule has 1 atom stereocenters. The van der Waals surface area contributed by atoms with Crippen molar-refractivity contribution in [1.82, 2.24) is 9.78 Å². The maximum Gasteiger partial charge on any atom is 0.263 e. The van der Waals surface area contributed by atoms with Gasteiger partial charge in [0.05, 0.1) is 5.56 Å². The molecule has 1 aromatic rings. The van der Waals surface area contributed by atoms with Crippen molar-refractivity contribution in [2.75, 3.05) is 6.61 Å². The van der Waals surface area contributed by atoms with E-state index in [1.165, 1.54) is 0 Å². The number of aromatic nitrogens is 2. The first-order chi connectivity index (χ1) is 7.09. The van der Waals surface area contributed by atoms with Crippen molar-refractivity contribution in [2.45, 2.75) is 20.0 Å². The van der Waals surface area contributed by atoms with Gasteiger partial charge in [-0.25, -0.2) is 0 Å². The zero-order valence-electron chi connectivity index (χ0n) is 8.82. The number of nitrogens with zero attached hydrogens (tertiary/aromatic N) is 3. The quantitative estimate of drug-likeness (QED) is 0.733. The third kappa shape index (κ3) is 1.79. The highest BCUT2D eigenvalue weighted by Crippen LogP contribution is 2.21. The van der Waals surface area contributed by atoms with Crippen LogP contribution >= 0.6 is 11.6 Å². The average Bonchev–Trinajstić information content (AvgIpc) is 2.41. The van der Waals surface area contributed by atoms with Gasteiger partial charge in [0.15, 0.2) is 11.8 Å². The van der Waals surface area contributed by atoms with Gasteiger partial charge < -0.3 is 9.57 Å². The fourth-order valence-electron chi connectivity index (χ4n) is 1.36. The van der Waals surface area contributed by atoms with Crippen LogP contribution < -0.4 is 0 Å². The summed E-state index contributed by atoms with van der Waals surface area (Å²) in [6, 6.07) is 0. The molecule has 1 unspecified atom stereocenters. The van der Waals surface area contributed by atoms with Crippen molar-refractivity contribution in [2.24, 2.45) is 12.2 Å². The highest BCUT2D eigenvalue weighted by Gasteiger charge is 2.23. The maximum absolute atomic E-state index is 5.98. The summed E-state index contributed by atoms with van der Waals surface area (Å²) in [5, 5.41) is 8.30. The lowest BCUT2D eigenvalue weighted by molar-refractivity contribution is 0.0196. The molecule has 6 heteroatoms. The van der Waals surface area contributed by atoms with Gasteiger partial charge in [-0.15, -0.1) is 0 Å². The molecule has 0 bridgehead atoms. The van der Waals surface area contributed by atoms with E-state index in [-0.39, 0.29) is 6.10 Å². The fourth-order valence-corrected chi connectivity index (χ4v) is 1.69. The zero-order valence-corrected chi connectivity index (χ0v) is 9.58. The molecule has 0 radical (unpaired) electrons. The highest BCUT2D eigenvalue weighted by molar-refractivity contribution is 6.32. The number of halogens is 1. The number of hydrogen-bond donors (Lipinski definition) is 0. The molecule has 0 spiro atoms. The van der Waals surface area contributed by atoms with Gasteiger partial charge in [0, 0.05) is 12.7 Å². The predicted octanol–water partition coefficient (Wildman–Crippen LogP) is 1.48. The van der Waals surface area contributed by atoms with Crippen LogP contribution in [0.15, 0.2) is 5.16 Å².